The summed E-state index contributed by atoms with van der Waals surface area (Å²) in [6.07, 6.45) is 4.25. The summed E-state index contributed by atoms with van der Waals surface area (Å²) in [5.74, 6) is -0.301. The normalized spacial score (nSPS) is 12.4. The molecule has 2 rings (SSSR count). The molecular formula is C14H15ClFN3. The predicted molar refractivity (Wildman–Crippen MR) is 73.6 cm³/mol. The molecule has 0 saturated carbocycles. The van der Waals surface area contributed by atoms with Gasteiger partial charge in [-0.1, -0.05) is 18.5 Å². The quantitative estimate of drug-likeness (QED) is 0.912. The first-order chi connectivity index (χ1) is 9.22. The number of halogens is 2. The van der Waals surface area contributed by atoms with Crippen LogP contribution >= 0.6 is 11.6 Å². The van der Waals surface area contributed by atoms with Crippen molar-refractivity contribution >= 4 is 11.6 Å². The summed E-state index contributed by atoms with van der Waals surface area (Å²) in [6.45, 7) is 2.88. The van der Waals surface area contributed by atoms with Crippen LogP contribution in [0.1, 0.15) is 30.5 Å². The third-order valence-electron chi connectivity index (χ3n) is 2.81. The van der Waals surface area contributed by atoms with Crippen molar-refractivity contribution in [2.75, 3.05) is 6.54 Å². The van der Waals surface area contributed by atoms with Crippen molar-refractivity contribution in [3.63, 3.8) is 0 Å². The molecule has 19 heavy (non-hydrogen) atoms. The molecule has 0 bridgehead atoms. The van der Waals surface area contributed by atoms with E-state index in [0.717, 1.165) is 18.5 Å². The maximum Gasteiger partial charge on any atom is 0.123 e. The minimum Gasteiger partial charge on any atom is -0.306 e. The Morgan fingerprint density at radius 3 is 2.84 bits per heavy atom. The van der Waals surface area contributed by atoms with Crippen molar-refractivity contribution in [2.24, 2.45) is 0 Å². The summed E-state index contributed by atoms with van der Waals surface area (Å²) < 4.78 is 13.4. The molecule has 100 valence electrons. The summed E-state index contributed by atoms with van der Waals surface area (Å²) >= 11 is 6.18. The van der Waals surface area contributed by atoms with Crippen LogP contribution in [0.3, 0.4) is 0 Å². The van der Waals surface area contributed by atoms with Gasteiger partial charge in [-0.3, -0.25) is 0 Å². The van der Waals surface area contributed by atoms with E-state index in [2.05, 4.69) is 22.4 Å². The zero-order valence-electron chi connectivity index (χ0n) is 10.6. The van der Waals surface area contributed by atoms with Gasteiger partial charge in [0.05, 0.1) is 12.2 Å². The van der Waals surface area contributed by atoms with Crippen LogP contribution in [0.4, 0.5) is 4.39 Å². The van der Waals surface area contributed by atoms with Crippen LogP contribution < -0.4 is 5.32 Å². The molecule has 1 aromatic heterocycles. The van der Waals surface area contributed by atoms with Crippen molar-refractivity contribution in [2.45, 2.75) is 19.4 Å². The van der Waals surface area contributed by atoms with Crippen molar-refractivity contribution < 1.29 is 4.39 Å². The molecule has 1 unspecified atom stereocenters. The number of hydrogen-bond acceptors (Lipinski definition) is 3. The highest BCUT2D eigenvalue weighted by atomic mass is 35.5. The first-order valence-corrected chi connectivity index (χ1v) is 6.55. The number of benzene rings is 1. The van der Waals surface area contributed by atoms with Gasteiger partial charge in [0.1, 0.15) is 5.82 Å². The lowest BCUT2D eigenvalue weighted by Crippen LogP contribution is -2.23. The first-order valence-electron chi connectivity index (χ1n) is 6.17. The van der Waals surface area contributed by atoms with Gasteiger partial charge in [0.15, 0.2) is 0 Å². The van der Waals surface area contributed by atoms with Crippen LogP contribution in [0.5, 0.6) is 0 Å². The highest BCUT2D eigenvalue weighted by Crippen LogP contribution is 2.28. The van der Waals surface area contributed by atoms with Gasteiger partial charge < -0.3 is 5.32 Å². The fourth-order valence-electron chi connectivity index (χ4n) is 1.90. The molecule has 1 heterocycles. The number of rotatable bonds is 5. The highest BCUT2D eigenvalue weighted by Gasteiger charge is 2.17. The Kier molecular flexibility index (Phi) is 4.82. The molecule has 1 aromatic carbocycles. The van der Waals surface area contributed by atoms with Crippen LogP contribution in [0, 0.1) is 5.82 Å². The van der Waals surface area contributed by atoms with E-state index in [1.54, 1.807) is 18.5 Å². The second kappa shape index (κ2) is 6.59. The number of hydrogen-bond donors (Lipinski definition) is 1. The standard InChI is InChI=1S/C14H15ClFN3/c1-2-6-17-14(10-5-7-18-19-9-10)12-8-11(16)3-4-13(12)15/h3-5,7-9,14,17H,2,6H2,1H3. The summed E-state index contributed by atoms with van der Waals surface area (Å²) in [7, 11) is 0. The average Bonchev–Trinajstić information content (AvgIpc) is 2.44. The first kappa shape index (κ1) is 13.9. The topological polar surface area (TPSA) is 37.8 Å². The molecule has 0 saturated heterocycles. The van der Waals surface area contributed by atoms with Crippen LogP contribution in [0.25, 0.3) is 0 Å². The van der Waals surface area contributed by atoms with Gasteiger partial charge in [-0.2, -0.15) is 10.2 Å². The van der Waals surface area contributed by atoms with Gasteiger partial charge in [0.25, 0.3) is 0 Å². The smallest absolute Gasteiger partial charge is 0.123 e. The monoisotopic (exact) mass is 279 g/mol. The molecule has 0 aliphatic heterocycles. The summed E-state index contributed by atoms with van der Waals surface area (Å²) in [6, 6.07) is 6.05. The third kappa shape index (κ3) is 3.49. The van der Waals surface area contributed by atoms with Crippen molar-refractivity contribution in [3.8, 4) is 0 Å². The summed E-state index contributed by atoms with van der Waals surface area (Å²) in [5, 5.41) is 11.5. The lowest BCUT2D eigenvalue weighted by atomic mass is 10.00. The van der Waals surface area contributed by atoms with E-state index in [1.807, 2.05) is 6.07 Å². The largest absolute Gasteiger partial charge is 0.306 e. The molecule has 5 heteroatoms. The van der Waals surface area contributed by atoms with Gasteiger partial charge in [-0.15, -0.1) is 0 Å². The highest BCUT2D eigenvalue weighted by molar-refractivity contribution is 6.31. The fourth-order valence-corrected chi connectivity index (χ4v) is 2.13. The Morgan fingerprint density at radius 2 is 2.16 bits per heavy atom. The van der Waals surface area contributed by atoms with Crippen molar-refractivity contribution in [3.05, 3.63) is 58.6 Å². The second-order valence-electron chi connectivity index (χ2n) is 4.23. The number of nitrogens with one attached hydrogen (secondary N) is 1. The van der Waals surface area contributed by atoms with Gasteiger partial charge in [-0.05, 0) is 48.4 Å². The van der Waals surface area contributed by atoms with E-state index in [9.17, 15) is 4.39 Å². The Bertz CT molecular complexity index is 533. The van der Waals surface area contributed by atoms with E-state index in [4.69, 9.17) is 11.6 Å². The van der Waals surface area contributed by atoms with Crippen LogP contribution in [-0.4, -0.2) is 16.7 Å². The third-order valence-corrected chi connectivity index (χ3v) is 3.15. The van der Waals surface area contributed by atoms with Gasteiger partial charge in [0, 0.05) is 11.2 Å². The maximum absolute atomic E-state index is 13.4. The Balaban J connectivity index is 2.40. The van der Waals surface area contributed by atoms with Crippen LogP contribution in [0.15, 0.2) is 36.7 Å². The summed E-state index contributed by atoms with van der Waals surface area (Å²) in [5.41, 5.74) is 1.62. The molecule has 0 fully saturated rings. The lowest BCUT2D eigenvalue weighted by Gasteiger charge is -2.20. The SMILES string of the molecule is CCCNC(c1ccnnc1)c1cc(F)ccc1Cl. The second-order valence-corrected chi connectivity index (χ2v) is 4.64. The fraction of sp³-hybridized carbons (Fsp3) is 0.286. The molecule has 1 atom stereocenters. The molecule has 1 N–H and O–H groups in total. The van der Waals surface area contributed by atoms with Gasteiger partial charge >= 0.3 is 0 Å². The Hall–Kier alpha value is -1.52. The van der Waals surface area contributed by atoms with Crippen molar-refractivity contribution in [1.29, 1.82) is 0 Å². The zero-order chi connectivity index (χ0) is 13.7. The molecule has 0 amide bonds. The van der Waals surface area contributed by atoms with E-state index in [1.165, 1.54) is 12.1 Å². The number of nitrogens with zero attached hydrogens (tertiary/aromatic N) is 2. The zero-order valence-corrected chi connectivity index (χ0v) is 11.4. The molecule has 3 nitrogen and oxygen atoms in total. The van der Waals surface area contributed by atoms with Crippen molar-refractivity contribution in [1.82, 2.24) is 15.5 Å². The molecule has 0 radical (unpaired) electrons. The van der Waals surface area contributed by atoms with Crippen LogP contribution in [-0.2, 0) is 0 Å². The molecular weight excluding hydrogens is 265 g/mol. The van der Waals surface area contributed by atoms with Gasteiger partial charge in [0.2, 0.25) is 0 Å². The Morgan fingerprint density at radius 1 is 1.32 bits per heavy atom. The van der Waals surface area contributed by atoms with E-state index < -0.39 is 0 Å². The summed E-state index contributed by atoms with van der Waals surface area (Å²) in [4.78, 5) is 0. The minimum absolute atomic E-state index is 0.182. The molecule has 0 spiro atoms. The molecule has 0 aliphatic carbocycles. The minimum atomic E-state index is -0.301. The number of aromatic nitrogens is 2. The van der Waals surface area contributed by atoms with Gasteiger partial charge in [-0.25, -0.2) is 4.39 Å². The van der Waals surface area contributed by atoms with E-state index in [0.29, 0.717) is 10.6 Å². The maximum atomic E-state index is 13.4. The van der Waals surface area contributed by atoms with Crippen LogP contribution in [0.2, 0.25) is 5.02 Å². The average molecular weight is 280 g/mol. The molecule has 2 aromatic rings. The lowest BCUT2D eigenvalue weighted by molar-refractivity contribution is 0.583. The molecule has 0 aliphatic rings. The van der Waals surface area contributed by atoms with E-state index in [-0.39, 0.29) is 11.9 Å². The van der Waals surface area contributed by atoms with E-state index >= 15 is 0 Å². The Labute approximate surface area is 116 Å². The predicted octanol–water partition coefficient (Wildman–Crippen LogP) is 3.36.